The van der Waals surface area contributed by atoms with Crippen molar-refractivity contribution in [2.75, 3.05) is 24.7 Å². The Morgan fingerprint density at radius 3 is 2.96 bits per heavy atom. The van der Waals surface area contributed by atoms with E-state index < -0.39 is 0 Å². The molecule has 2 heterocycles. The number of benzene rings is 1. The third-order valence-electron chi connectivity index (χ3n) is 4.56. The summed E-state index contributed by atoms with van der Waals surface area (Å²) in [5.74, 6) is -0.677. The highest BCUT2D eigenvalue weighted by molar-refractivity contribution is 6.00. The van der Waals surface area contributed by atoms with Gasteiger partial charge in [-0.05, 0) is 30.9 Å². The molecule has 1 aromatic carbocycles. The third-order valence-corrected chi connectivity index (χ3v) is 4.56. The van der Waals surface area contributed by atoms with Crippen molar-refractivity contribution in [2.45, 2.75) is 38.7 Å². The van der Waals surface area contributed by atoms with Crippen LogP contribution in [0.2, 0.25) is 0 Å². The van der Waals surface area contributed by atoms with Crippen LogP contribution in [-0.2, 0) is 25.5 Å². The molecule has 0 N–H and O–H groups in total. The van der Waals surface area contributed by atoms with Gasteiger partial charge in [-0.25, -0.2) is 0 Å². The highest BCUT2D eigenvalue weighted by Gasteiger charge is 2.37. The smallest absolute Gasteiger partial charge is 0.311 e. The lowest BCUT2D eigenvalue weighted by molar-refractivity contribution is -0.151. The van der Waals surface area contributed by atoms with Crippen molar-refractivity contribution in [3.8, 4) is 0 Å². The minimum absolute atomic E-state index is 0.00929. The molecule has 2 aliphatic rings. The zero-order valence-electron chi connectivity index (χ0n) is 13.5. The Morgan fingerprint density at radius 2 is 2.22 bits per heavy atom. The monoisotopic (exact) mass is 317 g/mol. The normalized spacial score (nSPS) is 24.2. The average molecular weight is 317 g/mol. The molecule has 0 aliphatic carbocycles. The van der Waals surface area contributed by atoms with E-state index in [1.807, 2.05) is 24.3 Å². The molecule has 5 heteroatoms. The molecule has 0 spiro atoms. The molecule has 0 saturated carbocycles. The summed E-state index contributed by atoms with van der Waals surface area (Å²) in [5, 5.41) is 0. The quantitative estimate of drug-likeness (QED) is 0.782. The molecule has 2 saturated heterocycles. The first-order valence-corrected chi connectivity index (χ1v) is 8.35. The topological polar surface area (TPSA) is 55.8 Å². The van der Waals surface area contributed by atoms with Crippen molar-refractivity contribution in [2.24, 2.45) is 5.92 Å². The van der Waals surface area contributed by atoms with E-state index in [1.54, 1.807) is 4.90 Å². The molecular weight excluding hydrogens is 294 g/mol. The largest absolute Gasteiger partial charge is 0.463 e. The first-order chi connectivity index (χ1) is 11.2. The molecule has 5 nitrogen and oxygen atoms in total. The Hall–Kier alpha value is -1.88. The van der Waals surface area contributed by atoms with Crippen molar-refractivity contribution in [3.05, 3.63) is 29.8 Å². The van der Waals surface area contributed by atoms with E-state index >= 15 is 0 Å². The molecule has 124 valence electrons. The summed E-state index contributed by atoms with van der Waals surface area (Å²) in [5.41, 5.74) is 2.03. The maximum Gasteiger partial charge on any atom is 0.311 e. The number of rotatable bonds is 5. The van der Waals surface area contributed by atoms with Crippen molar-refractivity contribution in [3.63, 3.8) is 0 Å². The SMILES string of the molecule is CCc1ccccc1N1CC(C(=O)OCC2CCCO2)CC1=O. The van der Waals surface area contributed by atoms with Gasteiger partial charge in [-0.2, -0.15) is 0 Å². The Morgan fingerprint density at radius 1 is 1.39 bits per heavy atom. The Bertz CT molecular complexity index is 580. The highest BCUT2D eigenvalue weighted by atomic mass is 16.6. The second kappa shape index (κ2) is 7.13. The van der Waals surface area contributed by atoms with Gasteiger partial charge in [-0.1, -0.05) is 25.1 Å². The fourth-order valence-corrected chi connectivity index (χ4v) is 3.24. The molecule has 0 bridgehead atoms. The fraction of sp³-hybridized carbons (Fsp3) is 0.556. The van der Waals surface area contributed by atoms with Gasteiger partial charge in [-0.3, -0.25) is 9.59 Å². The Kier molecular flexibility index (Phi) is 4.96. The van der Waals surface area contributed by atoms with Crippen LogP contribution in [0.25, 0.3) is 0 Å². The van der Waals surface area contributed by atoms with Gasteiger partial charge in [0.2, 0.25) is 5.91 Å². The van der Waals surface area contributed by atoms with Crippen LogP contribution in [0.3, 0.4) is 0 Å². The van der Waals surface area contributed by atoms with Gasteiger partial charge >= 0.3 is 5.97 Å². The van der Waals surface area contributed by atoms with Crippen LogP contribution in [-0.4, -0.2) is 37.7 Å². The molecule has 23 heavy (non-hydrogen) atoms. The molecule has 2 atom stereocenters. The summed E-state index contributed by atoms with van der Waals surface area (Å²) >= 11 is 0. The minimum atomic E-state index is -0.381. The molecule has 1 aromatic rings. The van der Waals surface area contributed by atoms with Crippen LogP contribution in [0.15, 0.2) is 24.3 Å². The Labute approximate surface area is 136 Å². The fourth-order valence-electron chi connectivity index (χ4n) is 3.24. The highest BCUT2D eigenvalue weighted by Crippen LogP contribution is 2.29. The lowest BCUT2D eigenvalue weighted by atomic mass is 10.1. The van der Waals surface area contributed by atoms with Crippen LogP contribution in [0.4, 0.5) is 5.69 Å². The van der Waals surface area contributed by atoms with E-state index in [4.69, 9.17) is 9.47 Å². The predicted molar refractivity (Wildman–Crippen MR) is 86.2 cm³/mol. The number of hydrogen-bond donors (Lipinski definition) is 0. The van der Waals surface area contributed by atoms with Crippen LogP contribution in [0.1, 0.15) is 31.7 Å². The van der Waals surface area contributed by atoms with E-state index in [0.29, 0.717) is 13.2 Å². The van der Waals surface area contributed by atoms with Crippen LogP contribution < -0.4 is 4.90 Å². The molecule has 2 aliphatic heterocycles. The first kappa shape index (κ1) is 16.0. The van der Waals surface area contributed by atoms with Gasteiger partial charge < -0.3 is 14.4 Å². The number of esters is 1. The zero-order valence-corrected chi connectivity index (χ0v) is 13.5. The molecule has 2 unspecified atom stereocenters. The van der Waals surface area contributed by atoms with Gasteiger partial charge in [0.1, 0.15) is 6.61 Å². The molecule has 0 aromatic heterocycles. The van der Waals surface area contributed by atoms with E-state index in [0.717, 1.165) is 37.1 Å². The molecule has 0 radical (unpaired) electrons. The molecule has 1 amide bonds. The number of nitrogens with zero attached hydrogens (tertiary/aromatic N) is 1. The molecular formula is C18H23NO4. The lowest BCUT2D eigenvalue weighted by Gasteiger charge is -2.20. The van der Waals surface area contributed by atoms with Gasteiger partial charge in [0, 0.05) is 25.3 Å². The third kappa shape index (κ3) is 3.55. The van der Waals surface area contributed by atoms with Crippen LogP contribution in [0, 0.1) is 5.92 Å². The first-order valence-electron chi connectivity index (χ1n) is 8.35. The van der Waals surface area contributed by atoms with E-state index in [1.165, 1.54) is 0 Å². The maximum absolute atomic E-state index is 12.3. The van der Waals surface area contributed by atoms with Crippen molar-refractivity contribution < 1.29 is 19.1 Å². The number of ether oxygens (including phenoxy) is 2. The van der Waals surface area contributed by atoms with Crippen LogP contribution >= 0.6 is 0 Å². The predicted octanol–water partition coefficient (Wildman–Crippen LogP) is 2.32. The maximum atomic E-state index is 12.3. The van der Waals surface area contributed by atoms with Crippen LogP contribution in [0.5, 0.6) is 0 Å². The van der Waals surface area contributed by atoms with Crippen molar-refractivity contribution in [1.29, 1.82) is 0 Å². The van der Waals surface area contributed by atoms with E-state index in [9.17, 15) is 9.59 Å². The molecule has 3 rings (SSSR count). The summed E-state index contributed by atoms with van der Waals surface area (Å²) in [6, 6.07) is 7.85. The second-order valence-electron chi connectivity index (χ2n) is 6.15. The van der Waals surface area contributed by atoms with Crippen molar-refractivity contribution in [1.82, 2.24) is 0 Å². The number of para-hydroxylation sites is 1. The Balaban J connectivity index is 1.61. The summed E-state index contributed by atoms with van der Waals surface area (Å²) in [6.07, 6.45) is 3.06. The van der Waals surface area contributed by atoms with Gasteiger partial charge in [-0.15, -0.1) is 0 Å². The standard InChI is InChI=1S/C18H23NO4/c1-2-13-6-3-4-8-16(13)19-11-14(10-17(19)20)18(21)23-12-15-7-5-9-22-15/h3-4,6,8,14-15H,2,5,7,9-12H2,1H3. The van der Waals surface area contributed by atoms with Crippen molar-refractivity contribution >= 4 is 17.6 Å². The number of anilines is 1. The minimum Gasteiger partial charge on any atom is -0.463 e. The number of hydrogen-bond acceptors (Lipinski definition) is 4. The lowest BCUT2D eigenvalue weighted by Crippen LogP contribution is -2.28. The second-order valence-corrected chi connectivity index (χ2v) is 6.15. The summed E-state index contributed by atoms with van der Waals surface area (Å²) in [6.45, 7) is 3.51. The summed E-state index contributed by atoms with van der Waals surface area (Å²) in [7, 11) is 0. The summed E-state index contributed by atoms with van der Waals surface area (Å²) < 4.78 is 10.8. The van der Waals surface area contributed by atoms with E-state index in [-0.39, 0.29) is 30.3 Å². The van der Waals surface area contributed by atoms with Gasteiger partial charge in [0.05, 0.1) is 12.0 Å². The zero-order chi connectivity index (χ0) is 16.2. The summed E-state index contributed by atoms with van der Waals surface area (Å²) in [4.78, 5) is 26.3. The number of carbonyl (C=O) groups is 2. The van der Waals surface area contributed by atoms with Gasteiger partial charge in [0.15, 0.2) is 0 Å². The number of carbonyl (C=O) groups excluding carboxylic acids is 2. The van der Waals surface area contributed by atoms with Gasteiger partial charge in [0.25, 0.3) is 0 Å². The number of amides is 1. The molecule has 2 fully saturated rings. The average Bonchev–Trinajstić information content (AvgIpc) is 3.22. The van der Waals surface area contributed by atoms with E-state index in [2.05, 4.69) is 6.92 Å². The number of aryl methyl sites for hydroxylation is 1.